The zero-order valence-corrected chi connectivity index (χ0v) is 11.7. The van der Waals surface area contributed by atoms with Gasteiger partial charge in [-0.3, -0.25) is 4.79 Å². The molecule has 0 radical (unpaired) electrons. The third kappa shape index (κ3) is 3.93. The molecule has 110 valence electrons. The lowest BCUT2D eigenvalue weighted by Gasteiger charge is -2.10. The van der Waals surface area contributed by atoms with E-state index in [2.05, 4.69) is 10.3 Å². The SMILES string of the molecule is COc1cccc(Oc2cccnc2C(=O)NCCN)c1. The molecule has 0 aliphatic rings. The Kier molecular flexibility index (Phi) is 5.11. The number of rotatable bonds is 6. The van der Waals surface area contributed by atoms with E-state index in [1.165, 1.54) is 6.20 Å². The highest BCUT2D eigenvalue weighted by Gasteiger charge is 2.14. The number of carbonyl (C=O) groups is 1. The Bertz CT molecular complexity index is 617. The van der Waals surface area contributed by atoms with Crippen molar-refractivity contribution in [3.05, 3.63) is 48.3 Å². The molecular formula is C15H17N3O3. The molecule has 1 aromatic heterocycles. The molecule has 0 aliphatic carbocycles. The molecule has 1 heterocycles. The van der Waals surface area contributed by atoms with Crippen molar-refractivity contribution in [2.75, 3.05) is 20.2 Å². The van der Waals surface area contributed by atoms with Crippen LogP contribution in [0.3, 0.4) is 0 Å². The number of nitrogens with one attached hydrogen (secondary N) is 1. The monoisotopic (exact) mass is 287 g/mol. The summed E-state index contributed by atoms with van der Waals surface area (Å²) in [4.78, 5) is 16.1. The van der Waals surface area contributed by atoms with Crippen molar-refractivity contribution in [2.24, 2.45) is 5.73 Å². The van der Waals surface area contributed by atoms with Crippen molar-refractivity contribution in [2.45, 2.75) is 0 Å². The maximum Gasteiger partial charge on any atom is 0.273 e. The number of hydrogen-bond donors (Lipinski definition) is 2. The predicted octanol–water partition coefficient (Wildman–Crippen LogP) is 1.57. The van der Waals surface area contributed by atoms with Crippen LogP contribution in [-0.2, 0) is 0 Å². The van der Waals surface area contributed by atoms with Crippen LogP contribution in [0.2, 0.25) is 0 Å². The zero-order valence-electron chi connectivity index (χ0n) is 11.7. The first kappa shape index (κ1) is 14.8. The van der Waals surface area contributed by atoms with Gasteiger partial charge in [0.05, 0.1) is 7.11 Å². The average Bonchev–Trinajstić information content (AvgIpc) is 2.53. The molecule has 6 heteroatoms. The lowest BCUT2D eigenvalue weighted by molar-refractivity contribution is 0.0947. The Labute approximate surface area is 122 Å². The lowest BCUT2D eigenvalue weighted by atomic mass is 10.3. The molecule has 0 spiro atoms. The highest BCUT2D eigenvalue weighted by molar-refractivity contribution is 5.94. The number of methoxy groups -OCH3 is 1. The van der Waals surface area contributed by atoms with E-state index >= 15 is 0 Å². The molecule has 0 aliphatic heterocycles. The van der Waals surface area contributed by atoms with E-state index in [0.29, 0.717) is 30.3 Å². The quantitative estimate of drug-likeness (QED) is 0.842. The first-order valence-electron chi connectivity index (χ1n) is 6.50. The normalized spacial score (nSPS) is 10.0. The molecule has 1 amide bonds. The largest absolute Gasteiger partial charge is 0.497 e. The van der Waals surface area contributed by atoms with Gasteiger partial charge in [0, 0.05) is 25.4 Å². The van der Waals surface area contributed by atoms with Crippen molar-refractivity contribution >= 4 is 5.91 Å². The van der Waals surface area contributed by atoms with Gasteiger partial charge >= 0.3 is 0 Å². The van der Waals surface area contributed by atoms with E-state index in [-0.39, 0.29) is 11.6 Å². The van der Waals surface area contributed by atoms with Crippen molar-refractivity contribution in [1.29, 1.82) is 0 Å². The van der Waals surface area contributed by atoms with Crippen molar-refractivity contribution in [1.82, 2.24) is 10.3 Å². The van der Waals surface area contributed by atoms with Gasteiger partial charge < -0.3 is 20.5 Å². The van der Waals surface area contributed by atoms with Gasteiger partial charge in [-0.1, -0.05) is 6.07 Å². The Hall–Kier alpha value is -2.60. The number of nitrogens with two attached hydrogens (primary N) is 1. The average molecular weight is 287 g/mol. The van der Waals surface area contributed by atoms with Gasteiger partial charge in [0.1, 0.15) is 11.5 Å². The fourth-order valence-electron chi connectivity index (χ4n) is 1.70. The molecule has 3 N–H and O–H groups in total. The zero-order chi connectivity index (χ0) is 15.1. The summed E-state index contributed by atoms with van der Waals surface area (Å²) in [5, 5.41) is 2.67. The summed E-state index contributed by atoms with van der Waals surface area (Å²) >= 11 is 0. The highest BCUT2D eigenvalue weighted by Crippen LogP contribution is 2.26. The number of pyridine rings is 1. The summed E-state index contributed by atoms with van der Waals surface area (Å²) in [6.45, 7) is 0.749. The minimum Gasteiger partial charge on any atom is -0.497 e. The van der Waals surface area contributed by atoms with Crippen LogP contribution in [0.25, 0.3) is 0 Å². The van der Waals surface area contributed by atoms with Gasteiger partial charge in [-0.15, -0.1) is 0 Å². The second-order valence-electron chi connectivity index (χ2n) is 4.18. The minimum atomic E-state index is -0.320. The van der Waals surface area contributed by atoms with Gasteiger partial charge in [-0.25, -0.2) is 4.98 Å². The van der Waals surface area contributed by atoms with E-state index in [1.54, 1.807) is 37.4 Å². The van der Waals surface area contributed by atoms with Crippen LogP contribution in [-0.4, -0.2) is 31.1 Å². The first-order chi connectivity index (χ1) is 10.2. The highest BCUT2D eigenvalue weighted by atomic mass is 16.5. The maximum absolute atomic E-state index is 12.0. The maximum atomic E-state index is 12.0. The molecule has 0 saturated heterocycles. The van der Waals surface area contributed by atoms with Crippen LogP contribution in [0.5, 0.6) is 17.2 Å². The third-order valence-electron chi connectivity index (χ3n) is 2.68. The van der Waals surface area contributed by atoms with E-state index in [9.17, 15) is 4.79 Å². The molecule has 0 unspecified atom stereocenters. The number of aromatic nitrogens is 1. The molecule has 0 fully saturated rings. The van der Waals surface area contributed by atoms with Gasteiger partial charge in [-0.2, -0.15) is 0 Å². The van der Waals surface area contributed by atoms with Gasteiger partial charge in [0.25, 0.3) is 5.91 Å². The van der Waals surface area contributed by atoms with Gasteiger partial charge in [0.2, 0.25) is 0 Å². The van der Waals surface area contributed by atoms with E-state index in [4.69, 9.17) is 15.2 Å². The molecule has 2 aromatic rings. The number of benzene rings is 1. The standard InChI is InChI=1S/C15H17N3O3/c1-20-11-4-2-5-12(10-11)21-13-6-3-8-17-14(13)15(19)18-9-7-16/h2-6,8,10H,7,9,16H2,1H3,(H,18,19). The second-order valence-corrected chi connectivity index (χ2v) is 4.18. The Morgan fingerprint density at radius 3 is 2.86 bits per heavy atom. The fourth-order valence-corrected chi connectivity index (χ4v) is 1.70. The summed E-state index contributed by atoms with van der Waals surface area (Å²) in [6.07, 6.45) is 1.54. The van der Waals surface area contributed by atoms with E-state index in [1.807, 2.05) is 6.07 Å². The third-order valence-corrected chi connectivity index (χ3v) is 2.68. The van der Waals surface area contributed by atoms with Crippen LogP contribution in [0.4, 0.5) is 0 Å². The lowest BCUT2D eigenvalue weighted by Crippen LogP contribution is -2.29. The van der Waals surface area contributed by atoms with Crippen molar-refractivity contribution < 1.29 is 14.3 Å². The molecule has 1 aromatic carbocycles. The van der Waals surface area contributed by atoms with E-state index in [0.717, 1.165) is 0 Å². The number of nitrogens with zero attached hydrogens (tertiary/aromatic N) is 1. The summed E-state index contributed by atoms with van der Waals surface area (Å²) in [6, 6.07) is 10.5. The Balaban J connectivity index is 2.21. The molecular weight excluding hydrogens is 270 g/mol. The van der Waals surface area contributed by atoms with Crippen molar-refractivity contribution in [3.8, 4) is 17.2 Å². The molecule has 2 rings (SSSR count). The Morgan fingerprint density at radius 2 is 2.10 bits per heavy atom. The summed E-state index contributed by atoms with van der Waals surface area (Å²) in [5.74, 6) is 1.29. The van der Waals surface area contributed by atoms with Gasteiger partial charge in [0.15, 0.2) is 11.4 Å². The van der Waals surface area contributed by atoms with Crippen LogP contribution in [0.1, 0.15) is 10.5 Å². The summed E-state index contributed by atoms with van der Waals surface area (Å²) in [5.41, 5.74) is 5.58. The topological polar surface area (TPSA) is 86.5 Å². The molecule has 21 heavy (non-hydrogen) atoms. The minimum absolute atomic E-state index is 0.216. The van der Waals surface area contributed by atoms with Crippen LogP contribution < -0.4 is 20.5 Å². The smallest absolute Gasteiger partial charge is 0.273 e. The fraction of sp³-hybridized carbons (Fsp3) is 0.200. The number of hydrogen-bond acceptors (Lipinski definition) is 5. The van der Waals surface area contributed by atoms with Crippen LogP contribution >= 0.6 is 0 Å². The second kappa shape index (κ2) is 7.25. The summed E-state index contributed by atoms with van der Waals surface area (Å²) in [7, 11) is 1.58. The number of amides is 1. The van der Waals surface area contributed by atoms with Crippen LogP contribution in [0.15, 0.2) is 42.6 Å². The summed E-state index contributed by atoms with van der Waals surface area (Å²) < 4.78 is 10.9. The predicted molar refractivity (Wildman–Crippen MR) is 78.7 cm³/mol. The number of carbonyl (C=O) groups excluding carboxylic acids is 1. The van der Waals surface area contributed by atoms with Gasteiger partial charge in [-0.05, 0) is 24.3 Å². The van der Waals surface area contributed by atoms with Crippen molar-refractivity contribution in [3.63, 3.8) is 0 Å². The van der Waals surface area contributed by atoms with E-state index < -0.39 is 0 Å². The molecule has 0 atom stereocenters. The first-order valence-corrected chi connectivity index (χ1v) is 6.50. The van der Waals surface area contributed by atoms with Crippen LogP contribution in [0, 0.1) is 0 Å². The number of ether oxygens (including phenoxy) is 2. The molecule has 0 saturated carbocycles. The molecule has 6 nitrogen and oxygen atoms in total. The Morgan fingerprint density at radius 1 is 1.29 bits per heavy atom. The molecule has 0 bridgehead atoms.